The Morgan fingerprint density at radius 1 is 1.10 bits per heavy atom. The molecule has 29 heavy (non-hydrogen) atoms. The second-order valence-corrected chi connectivity index (χ2v) is 12.0. The van der Waals surface area contributed by atoms with Gasteiger partial charge in [0.05, 0.1) is 4.90 Å². The summed E-state index contributed by atoms with van der Waals surface area (Å²) < 4.78 is 28.7. The maximum Gasteiger partial charge on any atom is 0.241 e. The molecule has 7 heteroatoms. The molecule has 0 aromatic heterocycles. The van der Waals surface area contributed by atoms with E-state index in [1.807, 2.05) is 0 Å². The van der Waals surface area contributed by atoms with Crippen LogP contribution in [0.1, 0.15) is 56.9 Å². The van der Waals surface area contributed by atoms with E-state index in [4.69, 9.17) is 11.6 Å². The molecule has 5 saturated carbocycles. The molecule has 1 aromatic carbocycles. The number of nitrogens with one attached hydrogen (secondary N) is 2. The average Bonchev–Trinajstić information content (AvgIpc) is 3.37. The number of benzene rings is 1. The molecule has 0 heterocycles. The molecular formula is C22H29ClN2O3S. The van der Waals surface area contributed by atoms with Gasteiger partial charge in [-0.1, -0.05) is 17.7 Å². The van der Waals surface area contributed by atoms with Gasteiger partial charge in [0, 0.05) is 23.0 Å². The number of halogens is 1. The van der Waals surface area contributed by atoms with E-state index < -0.39 is 15.6 Å². The summed E-state index contributed by atoms with van der Waals surface area (Å²) in [5.74, 6) is 2.97. The first-order valence-electron chi connectivity index (χ1n) is 10.8. The fourth-order valence-corrected chi connectivity index (χ4v) is 8.35. The molecule has 158 valence electrons. The summed E-state index contributed by atoms with van der Waals surface area (Å²) >= 11 is 6.10. The highest BCUT2D eigenvalue weighted by Gasteiger charge is 2.51. The molecule has 5 aliphatic rings. The molecule has 5 aliphatic carbocycles. The lowest BCUT2D eigenvalue weighted by atomic mass is 9.54. The zero-order valence-corrected chi connectivity index (χ0v) is 18.4. The topological polar surface area (TPSA) is 75.3 Å². The van der Waals surface area contributed by atoms with E-state index in [9.17, 15) is 13.2 Å². The molecular weight excluding hydrogens is 408 g/mol. The first kappa shape index (κ1) is 19.8. The van der Waals surface area contributed by atoms with Crippen molar-refractivity contribution in [3.63, 3.8) is 0 Å². The second kappa shape index (κ2) is 6.96. The molecule has 0 unspecified atom stereocenters. The van der Waals surface area contributed by atoms with Crippen molar-refractivity contribution in [2.24, 2.45) is 23.7 Å². The van der Waals surface area contributed by atoms with E-state index in [-0.39, 0.29) is 23.3 Å². The zero-order chi connectivity index (χ0) is 20.4. The Bertz CT molecular complexity index is 913. The third kappa shape index (κ3) is 3.72. The number of sulfonamides is 1. The van der Waals surface area contributed by atoms with Crippen molar-refractivity contribution < 1.29 is 13.2 Å². The van der Waals surface area contributed by atoms with Crippen molar-refractivity contribution in [2.45, 2.75) is 74.8 Å². The predicted octanol–water partition coefficient (Wildman–Crippen LogP) is 3.79. The predicted molar refractivity (Wildman–Crippen MR) is 112 cm³/mol. The van der Waals surface area contributed by atoms with Gasteiger partial charge >= 0.3 is 0 Å². The van der Waals surface area contributed by atoms with Crippen molar-refractivity contribution in [2.75, 3.05) is 0 Å². The number of carbonyl (C=O) groups excluding carboxylic acids is 1. The van der Waals surface area contributed by atoms with Crippen LogP contribution in [0.15, 0.2) is 23.1 Å². The van der Waals surface area contributed by atoms with E-state index in [0.717, 1.165) is 11.8 Å². The van der Waals surface area contributed by atoms with Crippen LogP contribution in [0.2, 0.25) is 5.02 Å². The summed E-state index contributed by atoms with van der Waals surface area (Å²) in [4.78, 5) is 13.1. The van der Waals surface area contributed by atoms with Gasteiger partial charge in [-0.2, -0.15) is 0 Å². The fourth-order valence-electron chi connectivity index (χ4n) is 6.39. The molecule has 4 bridgehead atoms. The molecule has 2 N–H and O–H groups in total. The Morgan fingerprint density at radius 3 is 2.31 bits per heavy atom. The van der Waals surface area contributed by atoms with E-state index in [2.05, 4.69) is 10.0 Å². The van der Waals surface area contributed by atoms with Crippen LogP contribution in [0.4, 0.5) is 0 Å². The molecule has 1 amide bonds. The first-order valence-corrected chi connectivity index (χ1v) is 12.7. The fraction of sp³-hybridized carbons (Fsp3) is 0.682. The minimum atomic E-state index is -3.72. The average molecular weight is 437 g/mol. The molecule has 0 aliphatic heterocycles. The summed E-state index contributed by atoms with van der Waals surface area (Å²) in [6.07, 6.45) is 8.01. The van der Waals surface area contributed by atoms with Crippen LogP contribution in [0.25, 0.3) is 0 Å². The van der Waals surface area contributed by atoms with Crippen LogP contribution < -0.4 is 10.0 Å². The van der Waals surface area contributed by atoms with Crippen LogP contribution in [-0.4, -0.2) is 25.9 Å². The summed E-state index contributed by atoms with van der Waals surface area (Å²) in [5.41, 5.74) is -0.112. The minimum absolute atomic E-state index is 0.00881. The smallest absolute Gasteiger partial charge is 0.241 e. The number of hydrogen-bond donors (Lipinski definition) is 2. The van der Waals surface area contributed by atoms with Crippen LogP contribution in [0.5, 0.6) is 0 Å². The molecule has 5 fully saturated rings. The maximum atomic E-state index is 12.9. The number of amides is 1. The summed E-state index contributed by atoms with van der Waals surface area (Å²) in [7, 11) is -3.72. The van der Waals surface area contributed by atoms with Gasteiger partial charge in [0.1, 0.15) is 0 Å². The van der Waals surface area contributed by atoms with Crippen molar-refractivity contribution in [1.29, 1.82) is 0 Å². The maximum absolute atomic E-state index is 12.9. The molecule has 0 radical (unpaired) electrons. The van der Waals surface area contributed by atoms with E-state index in [0.29, 0.717) is 35.3 Å². The van der Waals surface area contributed by atoms with Crippen LogP contribution in [-0.2, 0) is 14.8 Å². The number of hydrogen-bond acceptors (Lipinski definition) is 3. The molecule has 0 spiro atoms. The third-order valence-corrected chi connectivity index (χ3v) is 9.90. The summed E-state index contributed by atoms with van der Waals surface area (Å²) in [6.45, 7) is 1.70. The largest absolute Gasteiger partial charge is 0.353 e. The van der Waals surface area contributed by atoms with E-state index in [1.54, 1.807) is 25.1 Å². The molecule has 5 nitrogen and oxygen atoms in total. The zero-order valence-electron chi connectivity index (χ0n) is 16.8. The van der Waals surface area contributed by atoms with Gasteiger partial charge in [-0.25, -0.2) is 13.1 Å². The lowest BCUT2D eigenvalue weighted by Gasteiger charge is -2.54. The highest BCUT2D eigenvalue weighted by molar-refractivity contribution is 7.89. The summed E-state index contributed by atoms with van der Waals surface area (Å²) in [5, 5.41) is 3.74. The second-order valence-electron chi connectivity index (χ2n) is 9.95. The Balaban J connectivity index is 1.25. The highest BCUT2D eigenvalue weighted by atomic mass is 35.5. The van der Waals surface area contributed by atoms with Crippen molar-refractivity contribution in [3.8, 4) is 0 Å². The molecule has 0 saturated heterocycles. The molecule has 6 rings (SSSR count). The van der Waals surface area contributed by atoms with Gasteiger partial charge in [-0.05, 0) is 93.2 Å². The Hall–Kier alpha value is -1.11. The molecule has 1 aromatic rings. The first-order chi connectivity index (χ1) is 13.7. The van der Waals surface area contributed by atoms with Crippen molar-refractivity contribution in [1.82, 2.24) is 10.0 Å². The lowest BCUT2D eigenvalue weighted by Crippen LogP contribution is -2.56. The van der Waals surface area contributed by atoms with Gasteiger partial charge in [0.2, 0.25) is 15.9 Å². The SMILES string of the molecule is Cc1c(Cl)cccc1S(=O)(=O)NC1(CC(=O)NC2C3CC4CC(C3)CC2C4)CC1. The van der Waals surface area contributed by atoms with E-state index in [1.165, 1.54) is 32.1 Å². The van der Waals surface area contributed by atoms with Gasteiger partial charge in [0.15, 0.2) is 0 Å². The van der Waals surface area contributed by atoms with Crippen LogP contribution in [0, 0.1) is 30.6 Å². The number of rotatable bonds is 6. The van der Waals surface area contributed by atoms with Crippen molar-refractivity contribution >= 4 is 27.5 Å². The Morgan fingerprint density at radius 2 is 1.72 bits per heavy atom. The quantitative estimate of drug-likeness (QED) is 0.712. The van der Waals surface area contributed by atoms with Gasteiger partial charge in [-0.3, -0.25) is 4.79 Å². The Labute approximate surface area is 178 Å². The van der Waals surface area contributed by atoms with Crippen molar-refractivity contribution in [3.05, 3.63) is 28.8 Å². The highest BCUT2D eigenvalue weighted by Crippen LogP contribution is 2.53. The standard InChI is InChI=1S/C22H29ClN2O3S/c1-13-18(23)3-2-4-19(13)29(27,28)25-22(5-6-22)12-20(26)24-21-16-8-14-7-15(10-16)11-17(21)9-14/h2-4,14-17,21,25H,5-12H2,1H3,(H,24,26). The Kier molecular flexibility index (Phi) is 4.76. The van der Waals surface area contributed by atoms with Gasteiger partial charge < -0.3 is 5.32 Å². The van der Waals surface area contributed by atoms with Crippen LogP contribution in [0.3, 0.4) is 0 Å². The van der Waals surface area contributed by atoms with E-state index >= 15 is 0 Å². The monoisotopic (exact) mass is 436 g/mol. The lowest BCUT2D eigenvalue weighted by molar-refractivity contribution is -0.125. The third-order valence-electron chi connectivity index (χ3n) is 7.77. The minimum Gasteiger partial charge on any atom is -0.353 e. The van der Waals surface area contributed by atoms with Crippen LogP contribution >= 0.6 is 11.6 Å². The molecule has 0 atom stereocenters. The summed E-state index contributed by atoms with van der Waals surface area (Å²) in [6, 6.07) is 5.18. The normalized spacial score (nSPS) is 34.2. The number of carbonyl (C=O) groups is 1. The van der Waals surface area contributed by atoms with Gasteiger partial charge in [-0.15, -0.1) is 0 Å². The van der Waals surface area contributed by atoms with Gasteiger partial charge in [0.25, 0.3) is 0 Å².